The highest BCUT2D eigenvalue weighted by Gasteiger charge is 2.42. The summed E-state index contributed by atoms with van der Waals surface area (Å²) >= 11 is 0. The number of nitrogens with zero attached hydrogens (tertiary/aromatic N) is 1. The van der Waals surface area contributed by atoms with Crippen LogP contribution in [-0.4, -0.2) is 42.1 Å². The summed E-state index contributed by atoms with van der Waals surface area (Å²) in [5, 5.41) is 2.80. The zero-order valence-electron chi connectivity index (χ0n) is 18.4. The van der Waals surface area contributed by atoms with Gasteiger partial charge in [0, 0.05) is 37.8 Å². The van der Waals surface area contributed by atoms with Crippen LogP contribution in [0, 0.1) is 18.6 Å². The van der Waals surface area contributed by atoms with Crippen molar-refractivity contribution >= 4 is 12.0 Å². The van der Waals surface area contributed by atoms with Gasteiger partial charge in [0.05, 0.1) is 11.7 Å². The minimum absolute atomic E-state index is 0.0273. The predicted molar refractivity (Wildman–Crippen MR) is 121 cm³/mol. The molecule has 0 saturated carbocycles. The molecule has 2 aromatic carbocycles. The van der Waals surface area contributed by atoms with Crippen LogP contribution in [0.3, 0.4) is 0 Å². The first-order valence-corrected chi connectivity index (χ1v) is 11.3. The van der Waals surface area contributed by atoms with Gasteiger partial charge in [-0.2, -0.15) is 0 Å². The standard InChI is InChI=1S/C26H30F2N2O2/c1-19-5-2-3-6-20(19)18-30-15-13-26(14-16-30)12-11-21(32-26)17-29-25(31)10-9-22-23(27)7-4-8-24(22)28/h2-10,21H,11-18H2,1H3,(H,29,31)/b10-9+/t21-/m1/s1. The molecule has 4 nitrogen and oxygen atoms in total. The number of rotatable bonds is 6. The van der Waals surface area contributed by atoms with Crippen molar-refractivity contribution in [2.24, 2.45) is 0 Å². The van der Waals surface area contributed by atoms with E-state index in [9.17, 15) is 13.6 Å². The van der Waals surface area contributed by atoms with Crippen molar-refractivity contribution in [2.45, 2.75) is 50.9 Å². The molecule has 32 heavy (non-hydrogen) atoms. The van der Waals surface area contributed by atoms with Gasteiger partial charge in [-0.25, -0.2) is 8.78 Å². The van der Waals surface area contributed by atoms with Gasteiger partial charge >= 0.3 is 0 Å². The van der Waals surface area contributed by atoms with Gasteiger partial charge in [0.2, 0.25) is 5.91 Å². The zero-order chi connectivity index (χ0) is 22.6. The summed E-state index contributed by atoms with van der Waals surface area (Å²) in [5.41, 5.74) is 2.40. The number of ether oxygens (including phenoxy) is 1. The summed E-state index contributed by atoms with van der Waals surface area (Å²) in [6, 6.07) is 12.1. The number of likely N-dealkylation sites (tertiary alicyclic amines) is 1. The van der Waals surface area contributed by atoms with Crippen molar-refractivity contribution in [3.63, 3.8) is 0 Å². The minimum atomic E-state index is -0.691. The van der Waals surface area contributed by atoms with Crippen LogP contribution in [0.15, 0.2) is 48.5 Å². The molecule has 0 bridgehead atoms. The lowest BCUT2D eigenvalue weighted by atomic mass is 9.88. The Morgan fingerprint density at radius 1 is 1.12 bits per heavy atom. The van der Waals surface area contributed by atoms with Crippen LogP contribution in [0.1, 0.15) is 42.4 Å². The quantitative estimate of drug-likeness (QED) is 0.667. The van der Waals surface area contributed by atoms with Crippen LogP contribution in [0.5, 0.6) is 0 Å². The van der Waals surface area contributed by atoms with Gasteiger partial charge < -0.3 is 10.1 Å². The first-order chi connectivity index (χ1) is 15.4. The van der Waals surface area contributed by atoms with Crippen LogP contribution >= 0.6 is 0 Å². The lowest BCUT2D eigenvalue weighted by Crippen LogP contribution is -2.44. The molecule has 1 N–H and O–H groups in total. The highest BCUT2D eigenvalue weighted by molar-refractivity contribution is 5.91. The summed E-state index contributed by atoms with van der Waals surface area (Å²) in [6.45, 7) is 5.53. The third kappa shape index (κ3) is 5.43. The van der Waals surface area contributed by atoms with E-state index in [1.54, 1.807) is 0 Å². The Kier molecular flexibility index (Phi) is 7.01. The van der Waals surface area contributed by atoms with Gasteiger partial charge in [-0.1, -0.05) is 30.3 Å². The van der Waals surface area contributed by atoms with Gasteiger partial charge in [-0.3, -0.25) is 9.69 Å². The molecular weight excluding hydrogens is 410 g/mol. The summed E-state index contributed by atoms with van der Waals surface area (Å²) in [6.07, 6.45) is 6.20. The van der Waals surface area contributed by atoms with Crippen molar-refractivity contribution in [1.29, 1.82) is 0 Å². The number of benzene rings is 2. The highest BCUT2D eigenvalue weighted by Crippen LogP contribution is 2.39. The summed E-state index contributed by atoms with van der Waals surface area (Å²) in [7, 11) is 0. The Bertz CT molecular complexity index is 963. The summed E-state index contributed by atoms with van der Waals surface area (Å²) in [5.74, 6) is -1.77. The van der Waals surface area contributed by atoms with E-state index in [-0.39, 0.29) is 23.2 Å². The summed E-state index contributed by atoms with van der Waals surface area (Å²) < 4.78 is 33.7. The van der Waals surface area contributed by atoms with Crippen LogP contribution < -0.4 is 5.32 Å². The molecular formula is C26H30F2N2O2. The number of aryl methyl sites for hydroxylation is 1. The van der Waals surface area contributed by atoms with Crippen molar-refractivity contribution in [3.8, 4) is 0 Å². The lowest BCUT2D eigenvalue weighted by Gasteiger charge is -2.39. The fourth-order valence-electron chi connectivity index (χ4n) is 4.66. The molecule has 1 amide bonds. The molecule has 0 radical (unpaired) electrons. The largest absolute Gasteiger partial charge is 0.370 e. The highest BCUT2D eigenvalue weighted by atomic mass is 19.1. The second-order valence-electron chi connectivity index (χ2n) is 8.88. The normalized spacial score (nSPS) is 20.8. The van der Waals surface area contributed by atoms with Crippen molar-refractivity contribution < 1.29 is 18.3 Å². The predicted octanol–water partition coefficient (Wildman–Crippen LogP) is 4.62. The molecule has 2 heterocycles. The summed E-state index contributed by atoms with van der Waals surface area (Å²) in [4.78, 5) is 14.6. The van der Waals surface area contributed by atoms with Crippen molar-refractivity contribution in [1.82, 2.24) is 10.2 Å². The molecule has 2 fully saturated rings. The van der Waals surface area contributed by atoms with Gasteiger partial charge in [0.1, 0.15) is 11.6 Å². The van der Waals surface area contributed by atoms with Crippen molar-refractivity contribution in [2.75, 3.05) is 19.6 Å². The van der Waals surface area contributed by atoms with E-state index in [2.05, 4.69) is 41.4 Å². The average Bonchev–Trinajstić information content (AvgIpc) is 3.18. The number of amides is 1. The fourth-order valence-corrected chi connectivity index (χ4v) is 4.66. The first kappa shape index (κ1) is 22.6. The molecule has 0 aliphatic carbocycles. The smallest absolute Gasteiger partial charge is 0.244 e. The second kappa shape index (κ2) is 9.92. The molecule has 2 aromatic rings. The maximum absolute atomic E-state index is 13.7. The van der Waals surface area contributed by atoms with Crippen LogP contribution in [-0.2, 0) is 16.1 Å². The molecule has 2 aliphatic rings. The van der Waals surface area contributed by atoms with E-state index in [0.717, 1.165) is 51.4 Å². The number of halogens is 2. The van der Waals surface area contributed by atoms with E-state index in [0.29, 0.717) is 6.54 Å². The van der Waals surface area contributed by atoms with Crippen LogP contribution in [0.4, 0.5) is 8.78 Å². The van der Waals surface area contributed by atoms with Gasteiger partial charge in [0.15, 0.2) is 0 Å². The van der Waals surface area contributed by atoms with Crippen LogP contribution in [0.25, 0.3) is 6.08 Å². The topological polar surface area (TPSA) is 41.6 Å². The average molecular weight is 441 g/mol. The molecule has 2 saturated heterocycles. The third-order valence-corrected chi connectivity index (χ3v) is 6.67. The molecule has 0 aromatic heterocycles. The Morgan fingerprint density at radius 2 is 1.84 bits per heavy atom. The molecule has 4 rings (SSSR count). The Labute approximate surface area is 188 Å². The van der Waals surface area contributed by atoms with E-state index in [1.165, 1.54) is 35.4 Å². The third-order valence-electron chi connectivity index (χ3n) is 6.67. The maximum atomic E-state index is 13.7. The maximum Gasteiger partial charge on any atom is 0.244 e. The van der Waals surface area contributed by atoms with Gasteiger partial charge in [-0.05, 0) is 61.9 Å². The number of hydrogen-bond donors (Lipinski definition) is 1. The molecule has 1 spiro atoms. The number of carbonyl (C=O) groups excluding carboxylic acids is 1. The van der Waals surface area contributed by atoms with Crippen molar-refractivity contribution in [3.05, 3.63) is 76.9 Å². The molecule has 1 atom stereocenters. The van der Waals surface area contributed by atoms with E-state index >= 15 is 0 Å². The number of nitrogens with one attached hydrogen (secondary N) is 1. The second-order valence-corrected chi connectivity index (χ2v) is 8.88. The van der Waals surface area contributed by atoms with E-state index in [4.69, 9.17) is 4.74 Å². The van der Waals surface area contributed by atoms with Crippen LogP contribution in [0.2, 0.25) is 0 Å². The van der Waals surface area contributed by atoms with E-state index < -0.39 is 11.6 Å². The molecule has 6 heteroatoms. The molecule has 2 aliphatic heterocycles. The molecule has 170 valence electrons. The van der Waals surface area contributed by atoms with Gasteiger partial charge in [0.25, 0.3) is 0 Å². The number of hydrogen-bond acceptors (Lipinski definition) is 3. The SMILES string of the molecule is Cc1ccccc1CN1CCC2(CC[C@H](CNC(=O)/C=C/c3c(F)cccc3F)O2)CC1. The monoisotopic (exact) mass is 440 g/mol. The number of carbonyl (C=O) groups is 1. The Balaban J connectivity index is 1.22. The fraction of sp³-hybridized carbons (Fsp3) is 0.423. The minimum Gasteiger partial charge on any atom is -0.370 e. The van der Waals surface area contributed by atoms with Gasteiger partial charge in [-0.15, -0.1) is 0 Å². The molecule has 0 unspecified atom stereocenters. The number of piperidine rings is 1. The first-order valence-electron chi connectivity index (χ1n) is 11.3. The zero-order valence-corrected chi connectivity index (χ0v) is 18.4. The Hall–Kier alpha value is -2.57. The lowest BCUT2D eigenvalue weighted by molar-refractivity contribution is -0.118. The Morgan fingerprint density at radius 3 is 2.56 bits per heavy atom. The van der Waals surface area contributed by atoms with E-state index in [1.807, 2.05) is 0 Å².